The van der Waals surface area contributed by atoms with Gasteiger partial charge in [-0.2, -0.15) is 26.3 Å². The molecule has 0 spiro atoms. The second-order valence-corrected chi connectivity index (χ2v) is 3.97. The average Bonchev–Trinajstić information content (AvgIpc) is 2.65. The molecule has 0 saturated carbocycles. The van der Waals surface area contributed by atoms with Crippen LogP contribution in [0.4, 0.5) is 26.3 Å². The minimum Gasteiger partial charge on any atom is -0.349 e. The fourth-order valence-electron chi connectivity index (χ4n) is 1.83. The van der Waals surface area contributed by atoms with Gasteiger partial charge in [0.05, 0.1) is 0 Å². The van der Waals surface area contributed by atoms with E-state index in [2.05, 4.69) is 15.3 Å². The van der Waals surface area contributed by atoms with Crippen molar-refractivity contribution in [3.63, 3.8) is 0 Å². The van der Waals surface area contributed by atoms with Crippen molar-refractivity contribution in [2.75, 3.05) is 6.54 Å². The molecular weight excluding hydrogens is 276 g/mol. The molecule has 1 aromatic rings. The van der Waals surface area contributed by atoms with Crippen molar-refractivity contribution in [1.29, 1.82) is 0 Å². The van der Waals surface area contributed by atoms with Crippen LogP contribution in [0.1, 0.15) is 12.7 Å². The molecule has 0 aliphatic heterocycles. The summed E-state index contributed by atoms with van der Waals surface area (Å²) in [7, 11) is 0. The van der Waals surface area contributed by atoms with Crippen molar-refractivity contribution >= 4 is 0 Å². The van der Waals surface area contributed by atoms with Crippen LogP contribution < -0.4 is 5.32 Å². The third-order valence-corrected chi connectivity index (χ3v) is 2.54. The highest BCUT2D eigenvalue weighted by Gasteiger charge is 2.60. The van der Waals surface area contributed by atoms with Gasteiger partial charge in [-0.3, -0.25) is 0 Å². The van der Waals surface area contributed by atoms with Gasteiger partial charge in [0.15, 0.2) is 5.92 Å². The van der Waals surface area contributed by atoms with Crippen LogP contribution in [0.3, 0.4) is 0 Å². The lowest BCUT2D eigenvalue weighted by atomic mass is 9.95. The first kappa shape index (κ1) is 15.8. The number of likely N-dealkylation sites (N-methyl/N-ethyl adjacent to an activating group) is 1. The number of rotatable bonds is 5. The fraction of sp³-hybridized carbons (Fsp3) is 0.700. The minimum atomic E-state index is -5.36. The summed E-state index contributed by atoms with van der Waals surface area (Å²) in [6, 6.07) is -1.81. The third-order valence-electron chi connectivity index (χ3n) is 2.54. The van der Waals surface area contributed by atoms with E-state index in [0.29, 0.717) is 0 Å². The Kier molecular flexibility index (Phi) is 4.83. The molecule has 0 bridgehead atoms. The lowest BCUT2D eigenvalue weighted by Gasteiger charge is -2.30. The molecule has 19 heavy (non-hydrogen) atoms. The molecule has 0 aliphatic carbocycles. The Bertz CT molecular complexity index is 356. The molecule has 0 radical (unpaired) electrons. The van der Waals surface area contributed by atoms with E-state index in [1.54, 1.807) is 0 Å². The monoisotopic (exact) mass is 289 g/mol. The Labute approximate surface area is 105 Å². The molecule has 0 fully saturated rings. The molecule has 110 valence electrons. The summed E-state index contributed by atoms with van der Waals surface area (Å²) in [5.41, 5.74) is 0. The van der Waals surface area contributed by atoms with E-state index in [1.807, 2.05) is 0 Å². The summed E-state index contributed by atoms with van der Waals surface area (Å²) in [6.07, 6.45) is -8.59. The Morgan fingerprint density at radius 2 is 1.79 bits per heavy atom. The molecule has 0 aliphatic rings. The molecule has 3 nitrogen and oxygen atoms in total. The lowest BCUT2D eigenvalue weighted by molar-refractivity contribution is -0.291. The zero-order valence-corrected chi connectivity index (χ0v) is 9.94. The number of nitrogens with zero attached hydrogens (tertiary/aromatic N) is 1. The quantitative estimate of drug-likeness (QED) is 0.818. The third kappa shape index (κ3) is 4.41. The van der Waals surface area contributed by atoms with Crippen molar-refractivity contribution < 1.29 is 26.3 Å². The molecule has 2 N–H and O–H groups in total. The van der Waals surface area contributed by atoms with Crippen molar-refractivity contribution in [3.8, 4) is 0 Å². The van der Waals surface area contributed by atoms with Crippen molar-refractivity contribution in [2.45, 2.75) is 31.7 Å². The smallest absolute Gasteiger partial charge is 0.349 e. The molecule has 0 amide bonds. The Morgan fingerprint density at radius 1 is 1.21 bits per heavy atom. The first-order valence-corrected chi connectivity index (χ1v) is 5.51. The number of halogens is 6. The fourth-order valence-corrected chi connectivity index (χ4v) is 1.83. The number of aromatic nitrogens is 2. The van der Waals surface area contributed by atoms with Crippen molar-refractivity contribution in [2.24, 2.45) is 5.92 Å². The summed E-state index contributed by atoms with van der Waals surface area (Å²) in [4.78, 5) is 6.15. The number of aromatic amines is 1. The van der Waals surface area contributed by atoms with Crippen LogP contribution in [0.15, 0.2) is 12.4 Å². The van der Waals surface area contributed by atoms with Crippen LogP contribution in [-0.2, 0) is 6.42 Å². The predicted molar refractivity (Wildman–Crippen MR) is 55.4 cm³/mol. The summed E-state index contributed by atoms with van der Waals surface area (Å²) in [5.74, 6) is -3.35. The number of alkyl halides is 6. The van der Waals surface area contributed by atoms with Crippen LogP contribution in [0.25, 0.3) is 0 Å². The highest BCUT2D eigenvalue weighted by atomic mass is 19.4. The van der Waals surface area contributed by atoms with Gasteiger partial charge in [0, 0.05) is 24.9 Å². The maximum Gasteiger partial charge on any atom is 0.402 e. The highest BCUT2D eigenvalue weighted by molar-refractivity contribution is 4.96. The SMILES string of the molecule is CCNC(Cc1ncc[nH]1)C(C(F)(F)F)C(F)(F)F. The first-order valence-electron chi connectivity index (χ1n) is 5.51. The van der Waals surface area contributed by atoms with Crippen LogP contribution in [0, 0.1) is 5.92 Å². The Hall–Kier alpha value is -1.25. The molecule has 9 heteroatoms. The van der Waals surface area contributed by atoms with E-state index >= 15 is 0 Å². The molecule has 0 saturated heterocycles. The topological polar surface area (TPSA) is 40.7 Å². The second-order valence-electron chi connectivity index (χ2n) is 3.97. The molecular formula is C10H13F6N3. The Morgan fingerprint density at radius 3 is 2.16 bits per heavy atom. The average molecular weight is 289 g/mol. The zero-order chi connectivity index (χ0) is 14.7. The van der Waals surface area contributed by atoms with Crippen LogP contribution in [0.5, 0.6) is 0 Å². The number of H-pyrrole nitrogens is 1. The van der Waals surface area contributed by atoms with Gasteiger partial charge in [-0.15, -0.1) is 0 Å². The normalized spacial score (nSPS) is 14.9. The maximum atomic E-state index is 12.6. The van der Waals surface area contributed by atoms with Gasteiger partial charge in [-0.1, -0.05) is 6.92 Å². The largest absolute Gasteiger partial charge is 0.402 e. The number of hydrogen-bond acceptors (Lipinski definition) is 2. The summed E-state index contributed by atoms with van der Waals surface area (Å²) in [6.45, 7) is 1.44. The van der Waals surface area contributed by atoms with E-state index in [1.165, 1.54) is 19.3 Å². The van der Waals surface area contributed by atoms with Crippen molar-refractivity contribution in [1.82, 2.24) is 15.3 Å². The molecule has 1 unspecified atom stereocenters. The first-order chi connectivity index (χ1) is 8.66. The second kappa shape index (κ2) is 5.81. The van der Waals surface area contributed by atoms with E-state index in [4.69, 9.17) is 0 Å². The van der Waals surface area contributed by atoms with Crippen LogP contribution in [-0.4, -0.2) is 34.9 Å². The number of nitrogens with one attached hydrogen (secondary N) is 2. The Balaban J connectivity index is 2.99. The van der Waals surface area contributed by atoms with E-state index < -0.39 is 30.7 Å². The molecule has 1 atom stereocenters. The number of hydrogen-bond donors (Lipinski definition) is 2. The molecule has 1 aromatic heterocycles. The van der Waals surface area contributed by atoms with Gasteiger partial charge < -0.3 is 10.3 Å². The standard InChI is InChI=1S/C10H13F6N3/c1-2-17-6(5-7-18-3-4-19-7)8(9(11,12)13)10(14,15)16/h3-4,6,8,17H,2,5H2,1H3,(H,18,19). The van der Waals surface area contributed by atoms with Gasteiger partial charge in [0.1, 0.15) is 5.82 Å². The van der Waals surface area contributed by atoms with Gasteiger partial charge in [0.2, 0.25) is 0 Å². The zero-order valence-electron chi connectivity index (χ0n) is 9.94. The van der Waals surface area contributed by atoms with E-state index in [0.717, 1.165) is 0 Å². The molecule has 1 heterocycles. The van der Waals surface area contributed by atoms with Crippen molar-refractivity contribution in [3.05, 3.63) is 18.2 Å². The summed E-state index contributed by atoms with van der Waals surface area (Å²) >= 11 is 0. The van der Waals surface area contributed by atoms with E-state index in [-0.39, 0.29) is 12.4 Å². The van der Waals surface area contributed by atoms with Gasteiger partial charge in [-0.05, 0) is 6.54 Å². The van der Waals surface area contributed by atoms with Gasteiger partial charge in [0.25, 0.3) is 0 Å². The summed E-state index contributed by atoms with van der Waals surface area (Å²) < 4.78 is 75.8. The maximum absolute atomic E-state index is 12.6. The predicted octanol–water partition coefficient (Wildman–Crippen LogP) is 2.67. The highest BCUT2D eigenvalue weighted by Crippen LogP contribution is 2.41. The summed E-state index contributed by atoms with van der Waals surface area (Å²) in [5, 5.41) is 2.23. The van der Waals surface area contributed by atoms with Crippen LogP contribution in [0.2, 0.25) is 0 Å². The van der Waals surface area contributed by atoms with Gasteiger partial charge >= 0.3 is 12.4 Å². The van der Waals surface area contributed by atoms with E-state index in [9.17, 15) is 26.3 Å². The number of imidazole rings is 1. The molecule has 0 aromatic carbocycles. The van der Waals surface area contributed by atoms with Gasteiger partial charge in [-0.25, -0.2) is 4.98 Å². The molecule has 1 rings (SSSR count). The minimum absolute atomic E-state index is 0.00592. The lowest BCUT2D eigenvalue weighted by Crippen LogP contribution is -2.52. The van der Waals surface area contributed by atoms with Crippen LogP contribution >= 0.6 is 0 Å².